The Bertz CT molecular complexity index is 586. The van der Waals surface area contributed by atoms with Crippen LogP contribution < -0.4 is 0 Å². The van der Waals surface area contributed by atoms with Gasteiger partial charge in [0, 0.05) is 12.0 Å². The molecule has 1 aliphatic rings. The van der Waals surface area contributed by atoms with Crippen LogP contribution in [-0.4, -0.2) is 16.1 Å². The number of carboxylic acids is 1. The zero-order valence-electron chi connectivity index (χ0n) is 8.24. The Morgan fingerprint density at radius 3 is 2.88 bits per heavy atom. The molecule has 0 amide bonds. The maximum atomic E-state index is 13.1. The Hall–Kier alpha value is -1.91. The largest absolute Gasteiger partial charge is 0.478 e. The number of carbonyl (C=O) groups is 1. The van der Waals surface area contributed by atoms with Gasteiger partial charge in [-0.1, -0.05) is 0 Å². The summed E-state index contributed by atoms with van der Waals surface area (Å²) in [7, 11) is 0. The van der Waals surface area contributed by atoms with E-state index in [4.69, 9.17) is 9.52 Å². The lowest BCUT2D eigenvalue weighted by atomic mass is 10.2. The number of rotatable bonds is 2. The molecule has 16 heavy (non-hydrogen) atoms. The molecule has 0 aliphatic heterocycles. The first kappa shape index (κ1) is 9.33. The fourth-order valence-corrected chi connectivity index (χ4v) is 1.68. The fraction of sp³-hybridized carbons (Fsp3) is 0.273. The Kier molecular flexibility index (Phi) is 1.77. The average molecular weight is 221 g/mol. The molecule has 1 aromatic heterocycles. The lowest BCUT2D eigenvalue weighted by molar-refractivity contribution is 0.0698. The van der Waals surface area contributed by atoms with Crippen molar-refractivity contribution in [3.05, 3.63) is 29.4 Å². The third-order valence-corrected chi connectivity index (χ3v) is 2.63. The Morgan fingerprint density at radius 1 is 1.50 bits per heavy atom. The highest BCUT2D eigenvalue weighted by Gasteiger charge is 2.30. The second kappa shape index (κ2) is 3.04. The van der Waals surface area contributed by atoms with Crippen LogP contribution >= 0.6 is 0 Å². The number of nitrogens with zero attached hydrogens (tertiary/aromatic N) is 1. The second-order valence-corrected chi connectivity index (χ2v) is 3.93. The Morgan fingerprint density at radius 2 is 2.25 bits per heavy atom. The van der Waals surface area contributed by atoms with Gasteiger partial charge in [-0.3, -0.25) is 0 Å². The molecule has 0 spiro atoms. The summed E-state index contributed by atoms with van der Waals surface area (Å²) in [6.45, 7) is 0. The summed E-state index contributed by atoms with van der Waals surface area (Å²) in [5.41, 5.74) is 0.292. The zero-order chi connectivity index (χ0) is 11.3. The summed E-state index contributed by atoms with van der Waals surface area (Å²) < 4.78 is 18.5. The van der Waals surface area contributed by atoms with E-state index in [0.717, 1.165) is 18.9 Å². The molecule has 5 heteroatoms. The molecule has 2 aromatic rings. The lowest BCUT2D eigenvalue weighted by Gasteiger charge is -1.94. The molecule has 1 aromatic carbocycles. The van der Waals surface area contributed by atoms with Crippen LogP contribution in [0.5, 0.6) is 0 Å². The van der Waals surface area contributed by atoms with Crippen LogP contribution in [-0.2, 0) is 0 Å². The minimum atomic E-state index is -1.19. The first-order valence-electron chi connectivity index (χ1n) is 4.98. The van der Waals surface area contributed by atoms with Gasteiger partial charge in [-0.2, -0.15) is 0 Å². The predicted molar refractivity (Wildman–Crippen MR) is 52.9 cm³/mol. The SMILES string of the molecule is O=C(O)c1cc(F)cc2oc(C3CC3)nc12. The predicted octanol–water partition coefficient (Wildman–Crippen LogP) is 2.54. The molecular formula is C11H8FNO3. The summed E-state index contributed by atoms with van der Waals surface area (Å²) in [4.78, 5) is 15.0. The molecule has 1 N–H and O–H groups in total. The van der Waals surface area contributed by atoms with Crippen molar-refractivity contribution < 1.29 is 18.7 Å². The third kappa shape index (κ3) is 1.36. The molecule has 0 radical (unpaired) electrons. The van der Waals surface area contributed by atoms with Crippen molar-refractivity contribution >= 4 is 17.1 Å². The van der Waals surface area contributed by atoms with E-state index in [1.165, 1.54) is 6.07 Å². The van der Waals surface area contributed by atoms with Crippen molar-refractivity contribution in [2.24, 2.45) is 0 Å². The topological polar surface area (TPSA) is 63.3 Å². The standard InChI is InChI=1S/C11H8FNO3/c12-6-3-7(11(14)15)9-8(4-6)16-10(13-9)5-1-2-5/h3-5H,1-2H2,(H,14,15). The van der Waals surface area contributed by atoms with E-state index in [2.05, 4.69) is 4.98 Å². The van der Waals surface area contributed by atoms with Gasteiger partial charge in [0.25, 0.3) is 0 Å². The number of oxazole rings is 1. The summed E-state index contributed by atoms with van der Waals surface area (Å²) in [6.07, 6.45) is 2.00. The molecular weight excluding hydrogens is 213 g/mol. The van der Waals surface area contributed by atoms with Crippen molar-refractivity contribution in [1.29, 1.82) is 0 Å². The molecule has 0 unspecified atom stereocenters. The minimum Gasteiger partial charge on any atom is -0.478 e. The molecule has 0 saturated heterocycles. The van der Waals surface area contributed by atoms with Crippen molar-refractivity contribution in [2.45, 2.75) is 18.8 Å². The van der Waals surface area contributed by atoms with Gasteiger partial charge in [0.1, 0.15) is 11.3 Å². The van der Waals surface area contributed by atoms with E-state index in [1.54, 1.807) is 0 Å². The Labute approximate surface area is 89.7 Å². The highest BCUT2D eigenvalue weighted by atomic mass is 19.1. The average Bonchev–Trinajstić information content (AvgIpc) is 2.98. The summed E-state index contributed by atoms with van der Waals surface area (Å²) in [6, 6.07) is 2.13. The smallest absolute Gasteiger partial charge is 0.338 e. The van der Waals surface area contributed by atoms with Crippen LogP contribution in [0.15, 0.2) is 16.5 Å². The summed E-state index contributed by atoms with van der Waals surface area (Å²) in [5, 5.41) is 8.92. The van der Waals surface area contributed by atoms with Gasteiger partial charge >= 0.3 is 5.97 Å². The number of aromatic nitrogens is 1. The maximum absolute atomic E-state index is 13.1. The number of hydrogen-bond donors (Lipinski definition) is 1. The van der Waals surface area contributed by atoms with Crippen molar-refractivity contribution in [3.8, 4) is 0 Å². The molecule has 0 atom stereocenters. The van der Waals surface area contributed by atoms with E-state index in [1.807, 2.05) is 0 Å². The van der Waals surface area contributed by atoms with Crippen LogP contribution in [0.2, 0.25) is 0 Å². The minimum absolute atomic E-state index is 0.148. The number of fused-ring (bicyclic) bond motifs is 1. The monoisotopic (exact) mass is 221 g/mol. The quantitative estimate of drug-likeness (QED) is 0.846. The van der Waals surface area contributed by atoms with Gasteiger partial charge in [0.2, 0.25) is 0 Å². The molecule has 1 fully saturated rings. The molecule has 1 aliphatic carbocycles. The van der Waals surface area contributed by atoms with E-state index >= 15 is 0 Å². The van der Waals surface area contributed by atoms with E-state index < -0.39 is 11.8 Å². The van der Waals surface area contributed by atoms with Crippen LogP contribution in [0.3, 0.4) is 0 Å². The molecule has 82 valence electrons. The molecule has 4 nitrogen and oxygen atoms in total. The van der Waals surface area contributed by atoms with Crippen molar-refractivity contribution in [2.75, 3.05) is 0 Å². The molecule has 0 bridgehead atoms. The van der Waals surface area contributed by atoms with Crippen molar-refractivity contribution in [1.82, 2.24) is 4.98 Å². The zero-order valence-corrected chi connectivity index (χ0v) is 8.24. The van der Waals surface area contributed by atoms with Crippen molar-refractivity contribution in [3.63, 3.8) is 0 Å². The number of hydrogen-bond acceptors (Lipinski definition) is 3. The van der Waals surface area contributed by atoms with Gasteiger partial charge in [-0.15, -0.1) is 0 Å². The highest BCUT2D eigenvalue weighted by molar-refractivity contribution is 6.00. The van der Waals surface area contributed by atoms with E-state index in [9.17, 15) is 9.18 Å². The highest BCUT2D eigenvalue weighted by Crippen LogP contribution is 2.40. The van der Waals surface area contributed by atoms with Gasteiger partial charge in [0.15, 0.2) is 11.5 Å². The fourth-order valence-electron chi connectivity index (χ4n) is 1.68. The second-order valence-electron chi connectivity index (χ2n) is 3.93. The first-order valence-corrected chi connectivity index (χ1v) is 4.98. The third-order valence-electron chi connectivity index (χ3n) is 2.63. The number of halogens is 1. The van der Waals surface area contributed by atoms with Crippen LogP contribution in [0, 0.1) is 5.82 Å². The first-order chi connectivity index (χ1) is 7.65. The van der Waals surface area contributed by atoms with Crippen LogP contribution in [0.25, 0.3) is 11.1 Å². The summed E-state index contributed by atoms with van der Waals surface area (Å²) in [5.74, 6) is -1.02. The van der Waals surface area contributed by atoms with Gasteiger partial charge in [-0.25, -0.2) is 14.2 Å². The van der Waals surface area contributed by atoms with Gasteiger partial charge < -0.3 is 9.52 Å². The van der Waals surface area contributed by atoms with Gasteiger partial charge in [0.05, 0.1) is 5.56 Å². The molecule has 1 heterocycles. The number of benzene rings is 1. The number of aromatic carboxylic acids is 1. The Balaban J connectivity index is 2.27. The molecule has 3 rings (SSSR count). The van der Waals surface area contributed by atoms with Gasteiger partial charge in [-0.05, 0) is 18.9 Å². The van der Waals surface area contributed by atoms with Crippen LogP contribution in [0.4, 0.5) is 4.39 Å². The summed E-state index contributed by atoms with van der Waals surface area (Å²) >= 11 is 0. The maximum Gasteiger partial charge on any atom is 0.338 e. The van der Waals surface area contributed by atoms with Crippen LogP contribution in [0.1, 0.15) is 35.0 Å². The van der Waals surface area contributed by atoms with E-state index in [-0.39, 0.29) is 22.6 Å². The van der Waals surface area contributed by atoms with E-state index in [0.29, 0.717) is 5.89 Å². The normalized spacial score (nSPS) is 15.6. The number of carboxylic acid groups (broad SMARTS) is 1. The molecule has 1 saturated carbocycles. The lowest BCUT2D eigenvalue weighted by Crippen LogP contribution is -1.98.